The summed E-state index contributed by atoms with van der Waals surface area (Å²) in [5.41, 5.74) is 0. The van der Waals surface area contributed by atoms with E-state index in [1.165, 1.54) is 25.7 Å². The number of rotatable bonds is 10. The summed E-state index contributed by atoms with van der Waals surface area (Å²) in [5.74, 6) is 0. The van der Waals surface area contributed by atoms with Crippen LogP contribution >= 0.6 is 0 Å². The molecule has 0 fully saturated rings. The molecule has 0 spiro atoms. The average molecular weight is 318 g/mol. The van der Waals surface area contributed by atoms with Crippen LogP contribution in [0.5, 0.6) is 0 Å². The molecule has 0 bridgehead atoms. The van der Waals surface area contributed by atoms with Gasteiger partial charge in [0.05, 0.1) is 20.6 Å². The van der Waals surface area contributed by atoms with E-state index in [1.807, 2.05) is 14.1 Å². The molecule has 0 saturated heterocycles. The van der Waals surface area contributed by atoms with Gasteiger partial charge >= 0.3 is 10.4 Å². The zero-order valence-electron chi connectivity index (χ0n) is 12.4. The van der Waals surface area contributed by atoms with E-state index in [2.05, 4.69) is 11.1 Å². The van der Waals surface area contributed by atoms with Crippen molar-refractivity contribution in [3.8, 4) is 0 Å². The van der Waals surface area contributed by atoms with E-state index in [9.17, 15) is 8.42 Å². The molecular weight excluding hydrogens is 290 g/mol. The van der Waals surface area contributed by atoms with Crippen LogP contribution in [0.15, 0.2) is 0 Å². The fraction of sp³-hybridized carbons (Fsp3) is 1.00. The highest BCUT2D eigenvalue weighted by Crippen LogP contribution is 2.13. The molecule has 0 aromatic carbocycles. The topological polar surface area (TPSA) is 63.6 Å². The van der Waals surface area contributed by atoms with Crippen molar-refractivity contribution in [2.24, 2.45) is 0 Å². The Bertz CT molecular complexity index is 320. The van der Waals surface area contributed by atoms with Gasteiger partial charge in [-0.1, -0.05) is 32.6 Å². The lowest BCUT2D eigenvalue weighted by molar-refractivity contribution is -0.931. The Kier molecular flexibility index (Phi) is 11.2. The number of nitrogens with zero attached hydrogens (tertiary/aromatic N) is 1. The van der Waals surface area contributed by atoms with Crippen molar-refractivity contribution in [3.63, 3.8) is 0 Å². The van der Waals surface area contributed by atoms with E-state index in [0.717, 1.165) is 19.4 Å². The molecule has 1 unspecified atom stereocenters. The summed E-state index contributed by atoms with van der Waals surface area (Å²) in [6.07, 6.45) is 6.62. The summed E-state index contributed by atoms with van der Waals surface area (Å²) < 4.78 is 35.0. The Balaban J connectivity index is 0. The summed E-state index contributed by atoms with van der Waals surface area (Å²) in [6.45, 7) is 4.68. The normalized spacial score (nSPS) is 13.9. The summed E-state index contributed by atoms with van der Waals surface area (Å²) in [4.78, 5) is 0. The Morgan fingerprint density at radius 2 is 1.58 bits per heavy atom. The minimum Gasteiger partial charge on any atom is -1.00 e. The molecule has 1 atom stereocenters. The number of halogens is 1. The van der Waals surface area contributed by atoms with Crippen molar-refractivity contribution in [3.05, 3.63) is 0 Å². The number of unbranched alkanes of at least 4 members (excludes halogenated alkanes) is 5. The molecule has 0 saturated carbocycles. The fourth-order valence-electron chi connectivity index (χ4n) is 1.77. The highest BCUT2D eigenvalue weighted by Gasteiger charge is 2.28. The van der Waals surface area contributed by atoms with Crippen LogP contribution in [-0.4, -0.2) is 44.3 Å². The second kappa shape index (κ2) is 9.94. The highest BCUT2D eigenvalue weighted by atomic mass is 35.5. The van der Waals surface area contributed by atoms with Gasteiger partial charge in [0.2, 0.25) is 6.23 Å². The van der Waals surface area contributed by atoms with Crippen LogP contribution in [0, 0.1) is 0 Å². The van der Waals surface area contributed by atoms with Gasteiger partial charge in [0, 0.05) is 6.92 Å². The minimum absolute atomic E-state index is 0. The van der Waals surface area contributed by atoms with Gasteiger partial charge < -0.3 is 16.9 Å². The second-order valence-electron chi connectivity index (χ2n) is 5.39. The van der Waals surface area contributed by atoms with E-state index in [1.54, 1.807) is 6.92 Å². The summed E-state index contributed by atoms with van der Waals surface area (Å²) in [5, 5.41) is 0. The standard InChI is InChI=1S/C12H27NO4S.ClH/c1-5-6-7-8-9-10-11-13(3,4)12(2)17-18(14,15)16;/h12H,5-11H2,1-4H3;1H. The molecule has 0 aliphatic rings. The Morgan fingerprint density at radius 3 is 2.05 bits per heavy atom. The summed E-state index contributed by atoms with van der Waals surface area (Å²) in [6, 6.07) is 0. The first kappa shape index (κ1) is 21.4. The lowest BCUT2D eigenvalue weighted by atomic mass is 10.1. The maximum atomic E-state index is 10.7. The van der Waals surface area contributed by atoms with Crippen LogP contribution in [0.1, 0.15) is 52.4 Å². The lowest BCUT2D eigenvalue weighted by Crippen LogP contribution is -3.00. The maximum absolute atomic E-state index is 10.7. The van der Waals surface area contributed by atoms with Gasteiger partial charge in [-0.25, -0.2) is 0 Å². The van der Waals surface area contributed by atoms with Crippen LogP contribution in [0.2, 0.25) is 0 Å². The molecule has 5 nitrogen and oxygen atoms in total. The van der Waals surface area contributed by atoms with Crippen LogP contribution in [0.3, 0.4) is 0 Å². The van der Waals surface area contributed by atoms with Crippen molar-refractivity contribution in [1.82, 2.24) is 0 Å². The van der Waals surface area contributed by atoms with Crippen LogP contribution in [0.4, 0.5) is 0 Å². The molecule has 0 rings (SSSR count). The Hall–Kier alpha value is 0.120. The van der Waals surface area contributed by atoms with E-state index in [-0.39, 0.29) is 12.4 Å². The first-order valence-corrected chi connectivity index (χ1v) is 8.04. The van der Waals surface area contributed by atoms with Crippen LogP contribution in [0.25, 0.3) is 0 Å². The summed E-state index contributed by atoms with van der Waals surface area (Å²) >= 11 is 0. The molecular formula is C12H28ClNO4S. The molecule has 0 aliphatic heterocycles. The third-order valence-electron chi connectivity index (χ3n) is 3.33. The van der Waals surface area contributed by atoms with Gasteiger partial charge in [0.1, 0.15) is 0 Å². The molecule has 1 N–H and O–H groups in total. The molecule has 0 aromatic heterocycles. The van der Waals surface area contributed by atoms with Gasteiger partial charge in [-0.3, -0.25) is 4.55 Å². The first-order valence-electron chi connectivity index (χ1n) is 6.67. The maximum Gasteiger partial charge on any atom is 0.402 e. The number of hydrogen-bond acceptors (Lipinski definition) is 3. The van der Waals surface area contributed by atoms with Gasteiger partial charge in [0.15, 0.2) is 0 Å². The molecule has 118 valence electrons. The summed E-state index contributed by atoms with van der Waals surface area (Å²) in [7, 11) is -0.555. The van der Waals surface area contributed by atoms with E-state index >= 15 is 0 Å². The van der Waals surface area contributed by atoms with Crippen molar-refractivity contribution < 1.29 is 34.0 Å². The van der Waals surface area contributed by atoms with E-state index in [4.69, 9.17) is 4.55 Å². The van der Waals surface area contributed by atoms with Crippen molar-refractivity contribution in [1.29, 1.82) is 0 Å². The zero-order valence-corrected chi connectivity index (χ0v) is 14.0. The fourth-order valence-corrected chi connectivity index (χ4v) is 2.36. The third kappa shape index (κ3) is 11.6. The molecule has 7 heteroatoms. The average Bonchev–Trinajstić information content (AvgIpc) is 2.20. The predicted octanol–water partition coefficient (Wildman–Crippen LogP) is -0.407. The van der Waals surface area contributed by atoms with E-state index < -0.39 is 16.6 Å². The minimum atomic E-state index is -4.36. The zero-order chi connectivity index (χ0) is 14.2. The predicted molar refractivity (Wildman–Crippen MR) is 72.4 cm³/mol. The Labute approximate surface area is 124 Å². The quantitative estimate of drug-likeness (QED) is 0.258. The lowest BCUT2D eigenvalue weighted by Gasteiger charge is -2.34. The van der Waals surface area contributed by atoms with Crippen LogP contribution in [-0.2, 0) is 14.6 Å². The molecule has 0 radical (unpaired) electrons. The van der Waals surface area contributed by atoms with Crippen molar-refractivity contribution in [2.75, 3.05) is 20.6 Å². The van der Waals surface area contributed by atoms with Gasteiger partial charge in [0.25, 0.3) is 0 Å². The first-order chi connectivity index (χ1) is 8.19. The molecule has 0 amide bonds. The van der Waals surface area contributed by atoms with Gasteiger partial charge in [-0.2, -0.15) is 12.6 Å². The Morgan fingerprint density at radius 1 is 1.11 bits per heavy atom. The number of quaternary nitrogens is 1. The van der Waals surface area contributed by atoms with Crippen molar-refractivity contribution >= 4 is 10.4 Å². The van der Waals surface area contributed by atoms with Crippen molar-refractivity contribution in [2.45, 2.75) is 58.6 Å². The molecule has 0 aliphatic carbocycles. The van der Waals surface area contributed by atoms with E-state index in [0.29, 0.717) is 4.48 Å². The third-order valence-corrected chi connectivity index (χ3v) is 3.85. The number of hydrogen-bond donors (Lipinski definition) is 1. The molecule has 19 heavy (non-hydrogen) atoms. The van der Waals surface area contributed by atoms with Crippen LogP contribution < -0.4 is 12.4 Å². The second-order valence-corrected chi connectivity index (χ2v) is 6.44. The van der Waals surface area contributed by atoms with Gasteiger partial charge in [-0.05, 0) is 12.8 Å². The monoisotopic (exact) mass is 317 g/mol. The largest absolute Gasteiger partial charge is 1.00 e. The van der Waals surface area contributed by atoms with Gasteiger partial charge in [-0.15, -0.1) is 0 Å². The molecule has 0 heterocycles. The highest BCUT2D eigenvalue weighted by molar-refractivity contribution is 7.80. The SMILES string of the molecule is CCCCCCCC[N+](C)(C)C(C)OS(=O)(=O)O.[Cl-]. The molecule has 0 aromatic rings. The smallest absolute Gasteiger partial charge is 0.402 e.